The van der Waals surface area contributed by atoms with E-state index in [2.05, 4.69) is 5.32 Å². The Kier molecular flexibility index (Phi) is 3.49. The number of hydrogen-bond acceptors (Lipinski definition) is 4. The zero-order valence-corrected chi connectivity index (χ0v) is 10.4. The molecule has 0 bridgehead atoms. The summed E-state index contributed by atoms with van der Waals surface area (Å²) in [6.45, 7) is 2.70. The van der Waals surface area contributed by atoms with Gasteiger partial charge in [0.05, 0.1) is 18.9 Å². The van der Waals surface area contributed by atoms with E-state index < -0.39 is 0 Å². The molecule has 1 N–H and O–H groups in total. The second-order valence-corrected chi connectivity index (χ2v) is 4.00. The van der Waals surface area contributed by atoms with E-state index in [0.29, 0.717) is 12.3 Å². The minimum atomic E-state index is -0.381. The van der Waals surface area contributed by atoms with Gasteiger partial charge in [0.25, 0.3) is 0 Å². The highest BCUT2D eigenvalue weighted by molar-refractivity contribution is 6.05. The van der Waals surface area contributed by atoms with Crippen LogP contribution in [0.4, 0.5) is 5.69 Å². The van der Waals surface area contributed by atoms with Gasteiger partial charge in [-0.3, -0.25) is 9.69 Å². The predicted molar refractivity (Wildman–Crippen MR) is 67.4 cm³/mol. The van der Waals surface area contributed by atoms with Gasteiger partial charge in [-0.1, -0.05) is 6.92 Å². The second kappa shape index (κ2) is 5.07. The fraction of sp³-hybridized carbons (Fsp3) is 0.385. The Morgan fingerprint density at radius 2 is 2.33 bits per heavy atom. The quantitative estimate of drug-likeness (QED) is 0.810. The van der Waals surface area contributed by atoms with Crippen LogP contribution in [0.1, 0.15) is 18.5 Å². The van der Waals surface area contributed by atoms with Crippen LogP contribution in [-0.4, -0.2) is 26.1 Å². The third-order valence-electron chi connectivity index (χ3n) is 2.99. The summed E-state index contributed by atoms with van der Waals surface area (Å²) in [5.41, 5.74) is 1.66. The van der Waals surface area contributed by atoms with Gasteiger partial charge in [0.15, 0.2) is 0 Å². The van der Waals surface area contributed by atoms with Crippen LogP contribution in [0.25, 0.3) is 0 Å². The van der Waals surface area contributed by atoms with Gasteiger partial charge >= 0.3 is 0 Å². The molecule has 0 saturated carbocycles. The van der Waals surface area contributed by atoms with Crippen molar-refractivity contribution in [3.8, 4) is 11.8 Å². The van der Waals surface area contributed by atoms with Crippen LogP contribution in [0.15, 0.2) is 18.2 Å². The number of methoxy groups -OCH3 is 1. The number of benzene rings is 1. The van der Waals surface area contributed by atoms with Gasteiger partial charge < -0.3 is 10.1 Å². The smallest absolute Gasteiger partial charge is 0.249 e. The van der Waals surface area contributed by atoms with Crippen LogP contribution in [0.2, 0.25) is 0 Å². The Bertz CT molecular complexity index is 507. The van der Waals surface area contributed by atoms with E-state index in [1.165, 1.54) is 4.90 Å². The van der Waals surface area contributed by atoms with Crippen molar-refractivity contribution in [2.75, 3.05) is 25.1 Å². The maximum atomic E-state index is 12.2. The number of carbonyl (C=O) groups is 1. The number of fused-ring (bicyclic) bond motifs is 1. The number of amides is 1. The Labute approximate surface area is 106 Å². The van der Waals surface area contributed by atoms with Gasteiger partial charge in [-0.05, 0) is 24.7 Å². The summed E-state index contributed by atoms with van der Waals surface area (Å²) >= 11 is 0. The third-order valence-corrected chi connectivity index (χ3v) is 2.99. The van der Waals surface area contributed by atoms with Gasteiger partial charge in [0, 0.05) is 5.56 Å². The molecule has 0 radical (unpaired) electrons. The maximum Gasteiger partial charge on any atom is 0.249 e. The number of rotatable bonds is 4. The van der Waals surface area contributed by atoms with Gasteiger partial charge in [0.1, 0.15) is 18.3 Å². The maximum absolute atomic E-state index is 12.2. The molecule has 1 aromatic rings. The number of nitriles is 1. The van der Waals surface area contributed by atoms with Crippen LogP contribution in [0, 0.1) is 11.3 Å². The molecule has 0 aliphatic carbocycles. The number of carbonyl (C=O) groups excluding carboxylic acids is 1. The summed E-state index contributed by atoms with van der Waals surface area (Å²) in [7, 11) is 1.59. The molecule has 1 aromatic carbocycles. The number of ether oxygens (including phenoxy) is 1. The van der Waals surface area contributed by atoms with E-state index in [9.17, 15) is 4.79 Å². The normalized spacial score (nSPS) is 17.5. The van der Waals surface area contributed by atoms with Crippen molar-refractivity contribution in [3.63, 3.8) is 0 Å². The summed E-state index contributed by atoms with van der Waals surface area (Å²) in [4.78, 5) is 13.7. The Hall–Kier alpha value is -2.06. The highest BCUT2D eigenvalue weighted by Crippen LogP contribution is 2.37. The molecule has 5 heteroatoms. The second-order valence-electron chi connectivity index (χ2n) is 4.00. The lowest BCUT2D eigenvalue weighted by Gasteiger charge is -2.13. The molecule has 0 fully saturated rings. The molecule has 0 spiro atoms. The number of anilines is 1. The molecule has 1 aliphatic rings. The zero-order chi connectivity index (χ0) is 13.1. The SMILES string of the molecule is CCNC1C(=O)N(CC#N)c2ccc(OC)cc21. The van der Waals surface area contributed by atoms with Crippen molar-refractivity contribution in [2.24, 2.45) is 0 Å². The highest BCUT2D eigenvalue weighted by Gasteiger charge is 2.36. The van der Waals surface area contributed by atoms with Crippen molar-refractivity contribution in [3.05, 3.63) is 23.8 Å². The standard InChI is InChI=1S/C13H15N3O2/c1-3-15-12-10-8-9(18-2)4-5-11(10)16(7-6-14)13(12)17/h4-5,8,12,15H,3,7H2,1-2H3. The molecule has 0 saturated heterocycles. The van der Waals surface area contributed by atoms with Gasteiger partial charge in [-0.2, -0.15) is 5.26 Å². The molecule has 18 heavy (non-hydrogen) atoms. The molecule has 1 aliphatic heterocycles. The monoisotopic (exact) mass is 245 g/mol. The Morgan fingerprint density at radius 1 is 1.56 bits per heavy atom. The summed E-state index contributed by atoms with van der Waals surface area (Å²) < 4.78 is 5.17. The minimum Gasteiger partial charge on any atom is -0.497 e. The van der Waals surface area contributed by atoms with Crippen LogP contribution in [0.3, 0.4) is 0 Å². The topological polar surface area (TPSA) is 65.4 Å². The van der Waals surface area contributed by atoms with E-state index in [1.54, 1.807) is 13.2 Å². The zero-order valence-electron chi connectivity index (χ0n) is 10.4. The summed E-state index contributed by atoms with van der Waals surface area (Å²) in [5, 5.41) is 11.9. The van der Waals surface area contributed by atoms with Crippen LogP contribution in [-0.2, 0) is 4.79 Å². The first kappa shape index (κ1) is 12.4. The fourth-order valence-electron chi connectivity index (χ4n) is 2.18. The van der Waals surface area contributed by atoms with E-state index in [4.69, 9.17) is 10.00 Å². The molecular formula is C13H15N3O2. The van der Waals surface area contributed by atoms with Crippen molar-refractivity contribution in [1.82, 2.24) is 5.32 Å². The average Bonchev–Trinajstić information content (AvgIpc) is 2.64. The molecule has 1 amide bonds. The highest BCUT2D eigenvalue weighted by atomic mass is 16.5. The largest absolute Gasteiger partial charge is 0.497 e. The average molecular weight is 245 g/mol. The van der Waals surface area contributed by atoms with Gasteiger partial charge in [-0.15, -0.1) is 0 Å². The minimum absolute atomic E-state index is 0.0695. The summed E-state index contributed by atoms with van der Waals surface area (Å²) in [6.07, 6.45) is 0. The van der Waals surface area contributed by atoms with Gasteiger partial charge in [-0.25, -0.2) is 0 Å². The molecule has 1 heterocycles. The Balaban J connectivity index is 2.45. The first-order valence-corrected chi connectivity index (χ1v) is 5.82. The molecule has 94 valence electrons. The van der Waals surface area contributed by atoms with E-state index >= 15 is 0 Å². The third kappa shape index (κ3) is 1.91. The van der Waals surface area contributed by atoms with Crippen molar-refractivity contribution in [2.45, 2.75) is 13.0 Å². The number of nitrogens with one attached hydrogen (secondary N) is 1. The van der Waals surface area contributed by atoms with E-state index in [1.807, 2.05) is 25.1 Å². The van der Waals surface area contributed by atoms with Gasteiger partial charge in [0.2, 0.25) is 5.91 Å². The molecular weight excluding hydrogens is 230 g/mol. The molecule has 1 atom stereocenters. The lowest BCUT2D eigenvalue weighted by Crippen LogP contribution is -2.34. The lowest BCUT2D eigenvalue weighted by atomic mass is 10.1. The Morgan fingerprint density at radius 3 is 2.94 bits per heavy atom. The van der Waals surface area contributed by atoms with E-state index in [0.717, 1.165) is 11.3 Å². The van der Waals surface area contributed by atoms with Crippen LogP contribution >= 0.6 is 0 Å². The fourth-order valence-corrected chi connectivity index (χ4v) is 2.18. The van der Waals surface area contributed by atoms with Crippen LogP contribution < -0.4 is 15.0 Å². The number of nitrogens with zero attached hydrogens (tertiary/aromatic N) is 2. The van der Waals surface area contributed by atoms with Crippen molar-refractivity contribution < 1.29 is 9.53 Å². The number of likely N-dealkylation sites (N-methyl/N-ethyl adjacent to an activating group) is 1. The van der Waals surface area contributed by atoms with E-state index in [-0.39, 0.29) is 18.5 Å². The predicted octanol–water partition coefficient (Wildman–Crippen LogP) is 1.22. The number of hydrogen-bond donors (Lipinski definition) is 1. The first-order valence-electron chi connectivity index (χ1n) is 5.82. The molecule has 5 nitrogen and oxygen atoms in total. The molecule has 0 aromatic heterocycles. The lowest BCUT2D eigenvalue weighted by molar-refractivity contribution is -0.119. The molecule has 2 rings (SSSR count). The summed E-state index contributed by atoms with van der Waals surface area (Å²) in [6, 6.07) is 7.10. The van der Waals surface area contributed by atoms with Crippen molar-refractivity contribution in [1.29, 1.82) is 5.26 Å². The summed E-state index contributed by atoms with van der Waals surface area (Å²) in [5.74, 6) is 0.630. The molecule has 1 unspecified atom stereocenters. The van der Waals surface area contributed by atoms with Crippen molar-refractivity contribution >= 4 is 11.6 Å². The first-order chi connectivity index (χ1) is 8.72. The van der Waals surface area contributed by atoms with Crippen LogP contribution in [0.5, 0.6) is 5.75 Å².